The first-order valence-electron chi connectivity index (χ1n) is 10.1. The topological polar surface area (TPSA) is 30.3 Å². The molecule has 2 atom stereocenters. The SMILES string of the molecule is C=CCC(/C=C\C)CN(C)CCn1cc2c(n1)CCC(C)(OCCC)C2. The van der Waals surface area contributed by atoms with Crippen LogP contribution in [-0.4, -0.2) is 47.0 Å². The molecule has 26 heavy (non-hydrogen) atoms. The van der Waals surface area contributed by atoms with E-state index in [1.165, 1.54) is 11.3 Å². The summed E-state index contributed by atoms with van der Waals surface area (Å²) in [6.07, 6.45) is 13.9. The molecule has 0 saturated heterocycles. The molecule has 0 N–H and O–H groups in total. The minimum atomic E-state index is -0.0158. The summed E-state index contributed by atoms with van der Waals surface area (Å²) in [7, 11) is 2.19. The first-order chi connectivity index (χ1) is 12.5. The molecule has 2 rings (SSSR count). The van der Waals surface area contributed by atoms with Crippen molar-refractivity contribution >= 4 is 0 Å². The number of hydrogen-bond donors (Lipinski definition) is 0. The van der Waals surface area contributed by atoms with E-state index < -0.39 is 0 Å². The van der Waals surface area contributed by atoms with Crippen LogP contribution in [0.5, 0.6) is 0 Å². The summed E-state index contributed by atoms with van der Waals surface area (Å²) in [5.41, 5.74) is 2.62. The number of aryl methyl sites for hydroxylation is 1. The second-order valence-electron chi connectivity index (χ2n) is 7.91. The number of nitrogens with zero attached hydrogens (tertiary/aromatic N) is 3. The van der Waals surface area contributed by atoms with Gasteiger partial charge in [0.05, 0.1) is 17.8 Å². The predicted molar refractivity (Wildman–Crippen MR) is 110 cm³/mol. The van der Waals surface area contributed by atoms with Crippen LogP contribution in [0.3, 0.4) is 0 Å². The summed E-state index contributed by atoms with van der Waals surface area (Å²) in [5, 5.41) is 4.82. The van der Waals surface area contributed by atoms with Crippen LogP contribution in [-0.2, 0) is 24.1 Å². The smallest absolute Gasteiger partial charge is 0.0699 e. The second kappa shape index (κ2) is 10.1. The summed E-state index contributed by atoms with van der Waals surface area (Å²) in [6, 6.07) is 0. The van der Waals surface area contributed by atoms with Crippen LogP contribution in [0.4, 0.5) is 0 Å². The molecule has 0 amide bonds. The zero-order chi connectivity index (χ0) is 19.0. The van der Waals surface area contributed by atoms with Gasteiger partial charge in [-0.1, -0.05) is 25.2 Å². The monoisotopic (exact) mass is 359 g/mol. The van der Waals surface area contributed by atoms with Gasteiger partial charge in [0.1, 0.15) is 0 Å². The maximum Gasteiger partial charge on any atom is 0.0699 e. The molecule has 146 valence electrons. The molecule has 0 fully saturated rings. The number of hydrogen-bond acceptors (Lipinski definition) is 3. The van der Waals surface area contributed by atoms with Gasteiger partial charge in [0.25, 0.3) is 0 Å². The molecule has 0 spiro atoms. The van der Waals surface area contributed by atoms with Crippen molar-refractivity contribution < 1.29 is 4.74 Å². The van der Waals surface area contributed by atoms with Crippen molar-refractivity contribution in [3.8, 4) is 0 Å². The standard InChI is InChI=1S/C22H37N3O/c1-6-9-19(10-7-2)17-24(5)13-14-25-18-20-16-22(4,26-15-8-3)12-11-21(20)23-25/h6-7,10,18-19H,1,8-9,11-17H2,2-5H3/b10-7-. The lowest BCUT2D eigenvalue weighted by Crippen LogP contribution is -2.35. The van der Waals surface area contributed by atoms with Crippen molar-refractivity contribution in [3.05, 3.63) is 42.3 Å². The summed E-state index contributed by atoms with van der Waals surface area (Å²) in [4.78, 5) is 2.39. The molecule has 1 aliphatic rings. The Morgan fingerprint density at radius 3 is 3.00 bits per heavy atom. The summed E-state index contributed by atoms with van der Waals surface area (Å²) in [6.45, 7) is 14.2. The third-order valence-electron chi connectivity index (χ3n) is 5.23. The molecular formula is C22H37N3O. The van der Waals surface area contributed by atoms with Crippen molar-refractivity contribution in [2.24, 2.45) is 5.92 Å². The Kier molecular flexibility index (Phi) is 8.11. The van der Waals surface area contributed by atoms with Crippen molar-refractivity contribution in [1.29, 1.82) is 0 Å². The Bertz CT molecular complexity index is 592. The molecule has 2 unspecified atom stereocenters. The van der Waals surface area contributed by atoms with E-state index in [0.29, 0.717) is 5.92 Å². The van der Waals surface area contributed by atoms with E-state index in [0.717, 1.165) is 58.3 Å². The Hall–Kier alpha value is -1.39. The maximum atomic E-state index is 6.11. The van der Waals surface area contributed by atoms with Gasteiger partial charge in [0.2, 0.25) is 0 Å². The van der Waals surface area contributed by atoms with E-state index >= 15 is 0 Å². The lowest BCUT2D eigenvalue weighted by Gasteiger charge is -2.33. The average Bonchev–Trinajstić information content (AvgIpc) is 3.00. The fourth-order valence-electron chi connectivity index (χ4n) is 3.79. The third kappa shape index (κ3) is 6.10. The van der Waals surface area contributed by atoms with Gasteiger partial charge in [-0.3, -0.25) is 4.68 Å². The Morgan fingerprint density at radius 1 is 1.50 bits per heavy atom. The lowest BCUT2D eigenvalue weighted by atomic mass is 9.85. The average molecular weight is 360 g/mol. The Morgan fingerprint density at radius 2 is 2.31 bits per heavy atom. The van der Waals surface area contributed by atoms with E-state index in [2.05, 4.69) is 62.3 Å². The summed E-state index contributed by atoms with van der Waals surface area (Å²) in [5.74, 6) is 0.546. The minimum Gasteiger partial charge on any atom is -0.375 e. The van der Waals surface area contributed by atoms with Gasteiger partial charge in [-0.25, -0.2) is 0 Å². The summed E-state index contributed by atoms with van der Waals surface area (Å²) < 4.78 is 8.24. The molecule has 1 aromatic rings. The zero-order valence-electron chi connectivity index (χ0n) is 17.2. The van der Waals surface area contributed by atoms with Gasteiger partial charge in [-0.2, -0.15) is 5.10 Å². The highest BCUT2D eigenvalue weighted by molar-refractivity contribution is 5.23. The van der Waals surface area contributed by atoms with E-state index in [1.807, 2.05) is 6.08 Å². The van der Waals surface area contributed by atoms with Gasteiger partial charge in [-0.05, 0) is 58.1 Å². The quantitative estimate of drug-likeness (QED) is 0.553. The van der Waals surface area contributed by atoms with Gasteiger partial charge in [0, 0.05) is 32.3 Å². The zero-order valence-corrected chi connectivity index (χ0v) is 17.2. The van der Waals surface area contributed by atoms with Crippen LogP contribution in [0.2, 0.25) is 0 Å². The molecule has 0 aromatic carbocycles. The molecule has 0 aliphatic heterocycles. The number of ether oxygens (including phenoxy) is 1. The molecule has 0 radical (unpaired) electrons. The second-order valence-corrected chi connectivity index (χ2v) is 7.91. The predicted octanol–water partition coefficient (Wildman–Crippen LogP) is 4.26. The van der Waals surface area contributed by atoms with Crippen LogP contribution in [0, 0.1) is 5.92 Å². The highest BCUT2D eigenvalue weighted by atomic mass is 16.5. The molecule has 4 heteroatoms. The van der Waals surface area contributed by atoms with E-state index in [-0.39, 0.29) is 5.60 Å². The Labute approximate surface area is 159 Å². The van der Waals surface area contributed by atoms with Crippen molar-refractivity contribution in [3.63, 3.8) is 0 Å². The highest BCUT2D eigenvalue weighted by Gasteiger charge is 2.32. The van der Waals surface area contributed by atoms with Crippen LogP contribution in [0.15, 0.2) is 31.0 Å². The van der Waals surface area contributed by atoms with E-state index in [9.17, 15) is 0 Å². The normalized spacial score (nSPS) is 21.3. The Balaban J connectivity index is 1.87. The molecule has 0 saturated carbocycles. The molecule has 1 aliphatic carbocycles. The number of rotatable bonds is 11. The van der Waals surface area contributed by atoms with Gasteiger partial charge in [0.15, 0.2) is 0 Å². The first kappa shape index (κ1) is 20.9. The number of allylic oxidation sites excluding steroid dienone is 2. The van der Waals surface area contributed by atoms with Crippen molar-refractivity contribution in [1.82, 2.24) is 14.7 Å². The van der Waals surface area contributed by atoms with E-state index in [4.69, 9.17) is 9.84 Å². The fourth-order valence-corrected chi connectivity index (χ4v) is 3.79. The number of aromatic nitrogens is 2. The molecule has 1 heterocycles. The number of fused-ring (bicyclic) bond motifs is 1. The minimum absolute atomic E-state index is 0.0158. The van der Waals surface area contributed by atoms with Crippen LogP contribution >= 0.6 is 0 Å². The lowest BCUT2D eigenvalue weighted by molar-refractivity contribution is -0.0407. The molecular weight excluding hydrogens is 322 g/mol. The van der Waals surface area contributed by atoms with Gasteiger partial charge >= 0.3 is 0 Å². The highest BCUT2D eigenvalue weighted by Crippen LogP contribution is 2.30. The van der Waals surface area contributed by atoms with Crippen LogP contribution in [0.25, 0.3) is 0 Å². The third-order valence-corrected chi connectivity index (χ3v) is 5.23. The number of likely N-dealkylation sites (N-methyl/N-ethyl adjacent to an activating group) is 1. The first-order valence-corrected chi connectivity index (χ1v) is 10.1. The van der Waals surface area contributed by atoms with Gasteiger partial charge < -0.3 is 9.64 Å². The van der Waals surface area contributed by atoms with Crippen LogP contribution in [0.1, 0.15) is 51.3 Å². The molecule has 4 nitrogen and oxygen atoms in total. The summed E-state index contributed by atoms with van der Waals surface area (Å²) >= 11 is 0. The van der Waals surface area contributed by atoms with Crippen molar-refractivity contribution in [2.45, 2.75) is 65.0 Å². The molecule has 0 bridgehead atoms. The van der Waals surface area contributed by atoms with E-state index in [1.54, 1.807) is 0 Å². The largest absolute Gasteiger partial charge is 0.375 e. The maximum absolute atomic E-state index is 6.11. The van der Waals surface area contributed by atoms with Gasteiger partial charge in [-0.15, -0.1) is 6.58 Å². The fraction of sp³-hybridized carbons (Fsp3) is 0.682. The van der Waals surface area contributed by atoms with Crippen LogP contribution < -0.4 is 0 Å². The van der Waals surface area contributed by atoms with Crippen molar-refractivity contribution in [2.75, 3.05) is 26.7 Å². The molecule has 1 aromatic heterocycles.